The molecule has 0 spiro atoms. The number of hydrogen-bond acceptors (Lipinski definition) is 2. The standard InChI is InChI=1S/C14H28N2O/c1-10(11-8-6-7-9-11)16-12(17)13(2,3)14(4,5)15/h10-11H,6-9,15H2,1-5H3,(H,16,17)/t10-/m1/s1. The minimum absolute atomic E-state index is 0.0735. The minimum atomic E-state index is -0.542. The second-order valence-corrected chi connectivity index (χ2v) is 6.65. The normalized spacial score (nSPS) is 20.4. The maximum absolute atomic E-state index is 12.3. The van der Waals surface area contributed by atoms with Crippen LogP contribution in [0.25, 0.3) is 0 Å². The summed E-state index contributed by atoms with van der Waals surface area (Å²) in [5.41, 5.74) is 5.03. The first kappa shape index (κ1) is 14.5. The molecule has 1 amide bonds. The van der Waals surface area contributed by atoms with Crippen LogP contribution in [-0.2, 0) is 4.79 Å². The summed E-state index contributed by atoms with van der Waals surface area (Å²) in [5, 5.41) is 3.15. The van der Waals surface area contributed by atoms with Crippen molar-refractivity contribution in [2.24, 2.45) is 17.1 Å². The van der Waals surface area contributed by atoms with Gasteiger partial charge in [0.1, 0.15) is 0 Å². The van der Waals surface area contributed by atoms with Crippen molar-refractivity contribution in [3.63, 3.8) is 0 Å². The third kappa shape index (κ3) is 3.21. The molecule has 0 saturated heterocycles. The molecule has 0 heterocycles. The van der Waals surface area contributed by atoms with E-state index in [1.165, 1.54) is 25.7 Å². The van der Waals surface area contributed by atoms with Crippen molar-refractivity contribution in [2.45, 2.75) is 71.9 Å². The highest BCUT2D eigenvalue weighted by Crippen LogP contribution is 2.31. The zero-order chi connectivity index (χ0) is 13.3. The first-order valence-corrected chi connectivity index (χ1v) is 6.76. The maximum Gasteiger partial charge on any atom is 0.227 e. The van der Waals surface area contributed by atoms with E-state index in [2.05, 4.69) is 12.2 Å². The van der Waals surface area contributed by atoms with Crippen LogP contribution in [0.3, 0.4) is 0 Å². The Morgan fingerprint density at radius 1 is 1.24 bits per heavy atom. The number of carbonyl (C=O) groups is 1. The molecule has 100 valence electrons. The molecule has 1 saturated carbocycles. The second kappa shape index (κ2) is 4.97. The molecule has 17 heavy (non-hydrogen) atoms. The number of rotatable bonds is 4. The number of nitrogens with one attached hydrogen (secondary N) is 1. The Labute approximate surface area is 106 Å². The molecular formula is C14H28N2O. The van der Waals surface area contributed by atoms with Gasteiger partial charge in [0.2, 0.25) is 5.91 Å². The highest BCUT2D eigenvalue weighted by molar-refractivity contribution is 5.83. The quantitative estimate of drug-likeness (QED) is 0.793. The van der Waals surface area contributed by atoms with Gasteiger partial charge in [-0.3, -0.25) is 4.79 Å². The molecule has 1 aliphatic carbocycles. The Morgan fingerprint density at radius 3 is 2.12 bits per heavy atom. The van der Waals surface area contributed by atoms with Crippen LogP contribution in [0.15, 0.2) is 0 Å². The average Bonchev–Trinajstić information content (AvgIpc) is 2.68. The van der Waals surface area contributed by atoms with Crippen LogP contribution in [0.5, 0.6) is 0 Å². The van der Waals surface area contributed by atoms with E-state index in [0.717, 1.165) is 0 Å². The second-order valence-electron chi connectivity index (χ2n) is 6.65. The van der Waals surface area contributed by atoms with Gasteiger partial charge in [-0.25, -0.2) is 0 Å². The van der Waals surface area contributed by atoms with Crippen LogP contribution in [0.4, 0.5) is 0 Å². The predicted octanol–water partition coefficient (Wildman–Crippen LogP) is 2.44. The minimum Gasteiger partial charge on any atom is -0.353 e. The Balaban J connectivity index is 2.59. The summed E-state index contributed by atoms with van der Waals surface area (Å²) >= 11 is 0. The van der Waals surface area contributed by atoms with Gasteiger partial charge in [0, 0.05) is 11.6 Å². The summed E-state index contributed by atoms with van der Waals surface area (Å²) in [6.07, 6.45) is 5.09. The number of carbonyl (C=O) groups excluding carboxylic acids is 1. The summed E-state index contributed by atoms with van der Waals surface area (Å²) in [4.78, 5) is 12.3. The van der Waals surface area contributed by atoms with Gasteiger partial charge >= 0.3 is 0 Å². The van der Waals surface area contributed by atoms with Gasteiger partial charge in [-0.2, -0.15) is 0 Å². The van der Waals surface area contributed by atoms with Gasteiger partial charge in [0.25, 0.3) is 0 Å². The number of nitrogens with two attached hydrogens (primary N) is 1. The van der Waals surface area contributed by atoms with Gasteiger partial charge in [-0.15, -0.1) is 0 Å². The lowest BCUT2D eigenvalue weighted by molar-refractivity contribution is -0.133. The van der Waals surface area contributed by atoms with Gasteiger partial charge in [0.15, 0.2) is 0 Å². The van der Waals surface area contributed by atoms with Gasteiger partial charge in [0.05, 0.1) is 5.41 Å². The summed E-state index contributed by atoms with van der Waals surface area (Å²) < 4.78 is 0. The topological polar surface area (TPSA) is 55.1 Å². The van der Waals surface area contributed by atoms with Crippen LogP contribution in [0.1, 0.15) is 60.3 Å². The predicted molar refractivity (Wildman–Crippen MR) is 71.6 cm³/mol. The summed E-state index contributed by atoms with van der Waals surface area (Å²) in [5.74, 6) is 0.722. The first-order chi connectivity index (χ1) is 7.66. The lowest BCUT2D eigenvalue weighted by atomic mass is 9.74. The fourth-order valence-corrected chi connectivity index (χ4v) is 2.26. The van der Waals surface area contributed by atoms with Crippen molar-refractivity contribution in [3.05, 3.63) is 0 Å². The molecule has 0 radical (unpaired) electrons. The van der Waals surface area contributed by atoms with E-state index < -0.39 is 11.0 Å². The monoisotopic (exact) mass is 240 g/mol. The van der Waals surface area contributed by atoms with E-state index in [-0.39, 0.29) is 11.9 Å². The highest BCUT2D eigenvalue weighted by Gasteiger charge is 2.41. The molecule has 3 heteroatoms. The molecule has 1 rings (SSSR count). The summed E-state index contributed by atoms with van der Waals surface area (Å²) in [7, 11) is 0. The average molecular weight is 240 g/mol. The van der Waals surface area contributed by atoms with E-state index in [1.54, 1.807) is 0 Å². The van der Waals surface area contributed by atoms with Crippen molar-refractivity contribution in [1.82, 2.24) is 5.32 Å². The Bertz CT molecular complexity index is 272. The highest BCUT2D eigenvalue weighted by atomic mass is 16.2. The lowest BCUT2D eigenvalue weighted by Gasteiger charge is -2.38. The molecular weight excluding hydrogens is 212 g/mol. The van der Waals surface area contributed by atoms with Crippen molar-refractivity contribution in [3.8, 4) is 0 Å². The van der Waals surface area contributed by atoms with Crippen molar-refractivity contribution >= 4 is 5.91 Å². The fourth-order valence-electron chi connectivity index (χ4n) is 2.26. The van der Waals surface area contributed by atoms with Crippen LogP contribution in [-0.4, -0.2) is 17.5 Å². The zero-order valence-corrected chi connectivity index (χ0v) is 12.0. The van der Waals surface area contributed by atoms with Crippen LogP contribution in [0, 0.1) is 11.3 Å². The third-order valence-corrected chi connectivity index (χ3v) is 4.64. The van der Waals surface area contributed by atoms with Crippen molar-refractivity contribution in [2.75, 3.05) is 0 Å². The van der Waals surface area contributed by atoms with Gasteiger partial charge in [-0.1, -0.05) is 12.8 Å². The molecule has 1 fully saturated rings. The maximum atomic E-state index is 12.3. The van der Waals surface area contributed by atoms with Gasteiger partial charge in [-0.05, 0) is 53.4 Å². The Morgan fingerprint density at radius 2 is 1.71 bits per heavy atom. The Hall–Kier alpha value is -0.570. The largest absolute Gasteiger partial charge is 0.353 e. The van der Waals surface area contributed by atoms with Crippen molar-refractivity contribution < 1.29 is 4.79 Å². The molecule has 0 aromatic heterocycles. The number of amides is 1. The van der Waals surface area contributed by atoms with Crippen LogP contribution < -0.4 is 11.1 Å². The molecule has 0 aromatic carbocycles. The van der Waals surface area contributed by atoms with Crippen LogP contribution in [0.2, 0.25) is 0 Å². The summed E-state index contributed by atoms with van der Waals surface area (Å²) in [6, 6.07) is 0.270. The lowest BCUT2D eigenvalue weighted by Crippen LogP contribution is -2.57. The summed E-state index contributed by atoms with van der Waals surface area (Å²) in [6.45, 7) is 9.78. The van der Waals surface area contributed by atoms with E-state index in [1.807, 2.05) is 27.7 Å². The molecule has 0 aromatic rings. The van der Waals surface area contributed by atoms with Crippen molar-refractivity contribution in [1.29, 1.82) is 0 Å². The molecule has 1 aliphatic rings. The Kier molecular flexibility index (Phi) is 4.23. The number of hydrogen-bond donors (Lipinski definition) is 2. The molecule has 1 atom stereocenters. The molecule has 0 unspecified atom stereocenters. The first-order valence-electron chi connectivity index (χ1n) is 6.76. The molecule has 0 aliphatic heterocycles. The smallest absolute Gasteiger partial charge is 0.227 e. The van der Waals surface area contributed by atoms with Gasteiger partial charge < -0.3 is 11.1 Å². The molecule has 3 nitrogen and oxygen atoms in total. The fraction of sp³-hybridized carbons (Fsp3) is 0.929. The third-order valence-electron chi connectivity index (χ3n) is 4.64. The molecule has 0 bridgehead atoms. The van der Waals surface area contributed by atoms with E-state index in [0.29, 0.717) is 5.92 Å². The van der Waals surface area contributed by atoms with Crippen LogP contribution >= 0.6 is 0 Å². The van der Waals surface area contributed by atoms with E-state index in [4.69, 9.17) is 5.73 Å². The zero-order valence-electron chi connectivity index (χ0n) is 12.0. The van der Waals surface area contributed by atoms with E-state index >= 15 is 0 Å². The SMILES string of the molecule is C[C@@H](NC(=O)C(C)(C)C(C)(C)N)C1CCCC1. The molecule has 3 N–H and O–H groups in total. The van der Waals surface area contributed by atoms with E-state index in [9.17, 15) is 4.79 Å².